The van der Waals surface area contributed by atoms with Crippen LogP contribution in [0.15, 0.2) is 18.2 Å². The van der Waals surface area contributed by atoms with E-state index in [9.17, 15) is 4.79 Å². The number of hydrogen-bond acceptors (Lipinski definition) is 3. The van der Waals surface area contributed by atoms with E-state index in [1.54, 1.807) is 11.9 Å². The highest BCUT2D eigenvalue weighted by atomic mass is 16.5. The topological polar surface area (TPSA) is 55.6 Å². The molecule has 2 N–H and O–H groups in total. The zero-order chi connectivity index (χ0) is 12.4. The number of hydrogen-bond donors (Lipinski definition) is 1. The van der Waals surface area contributed by atoms with Crippen molar-refractivity contribution in [1.29, 1.82) is 0 Å². The predicted molar refractivity (Wildman–Crippen MR) is 65.7 cm³/mol. The normalized spacial score (nSPS) is 19.8. The van der Waals surface area contributed by atoms with Gasteiger partial charge in [0.05, 0.1) is 0 Å². The lowest BCUT2D eigenvalue weighted by molar-refractivity contribution is -0.132. The number of carbonyl (C=O) groups is 1. The number of amides is 1. The first-order valence-electron chi connectivity index (χ1n) is 5.83. The van der Waals surface area contributed by atoms with Gasteiger partial charge in [0, 0.05) is 32.1 Å². The summed E-state index contributed by atoms with van der Waals surface area (Å²) in [4.78, 5) is 13.4. The molecule has 1 aromatic carbocycles. The van der Waals surface area contributed by atoms with Gasteiger partial charge in [-0.3, -0.25) is 4.79 Å². The van der Waals surface area contributed by atoms with Crippen LogP contribution in [-0.2, 0) is 11.3 Å². The Morgan fingerprint density at radius 1 is 1.53 bits per heavy atom. The number of nitrogens with two attached hydrogens (primary N) is 1. The van der Waals surface area contributed by atoms with Gasteiger partial charge >= 0.3 is 0 Å². The maximum Gasteiger partial charge on any atom is 0.263 e. The molecule has 1 unspecified atom stereocenters. The zero-order valence-corrected chi connectivity index (χ0v) is 10.3. The number of nitrogens with zero attached hydrogens (tertiary/aromatic N) is 1. The molecule has 0 radical (unpaired) electrons. The molecule has 1 atom stereocenters. The van der Waals surface area contributed by atoms with Crippen LogP contribution < -0.4 is 10.5 Å². The molecule has 1 aromatic rings. The van der Waals surface area contributed by atoms with Crippen LogP contribution in [-0.4, -0.2) is 30.5 Å². The largest absolute Gasteiger partial charge is 0.480 e. The van der Waals surface area contributed by atoms with Crippen molar-refractivity contribution in [2.24, 2.45) is 5.73 Å². The van der Waals surface area contributed by atoms with Crippen LogP contribution in [0.4, 0.5) is 0 Å². The monoisotopic (exact) mass is 234 g/mol. The number of likely N-dealkylation sites (N-methyl/N-ethyl adjacent to an activating group) is 1. The minimum atomic E-state index is -0.354. The van der Waals surface area contributed by atoms with E-state index < -0.39 is 0 Å². The smallest absolute Gasteiger partial charge is 0.263 e. The van der Waals surface area contributed by atoms with Crippen molar-refractivity contribution in [3.05, 3.63) is 29.3 Å². The molecule has 0 aliphatic carbocycles. The van der Waals surface area contributed by atoms with E-state index in [1.165, 1.54) is 0 Å². The molecule has 2 rings (SSSR count). The number of ether oxygens (including phenoxy) is 1. The Bertz CT molecular complexity index is 431. The maximum absolute atomic E-state index is 11.7. The van der Waals surface area contributed by atoms with Crippen LogP contribution in [0.5, 0.6) is 5.75 Å². The van der Waals surface area contributed by atoms with Gasteiger partial charge in [0.2, 0.25) is 0 Å². The molecule has 1 saturated heterocycles. The van der Waals surface area contributed by atoms with E-state index in [2.05, 4.69) is 0 Å². The van der Waals surface area contributed by atoms with Crippen LogP contribution in [0.2, 0.25) is 0 Å². The molecule has 0 aromatic heterocycles. The highest BCUT2D eigenvalue weighted by molar-refractivity contribution is 5.83. The third-order valence-electron chi connectivity index (χ3n) is 3.08. The Morgan fingerprint density at radius 2 is 2.29 bits per heavy atom. The summed E-state index contributed by atoms with van der Waals surface area (Å²) < 4.78 is 5.76. The standard InChI is InChI=1S/C13H18N2O2/c1-9-3-4-11(10(7-9)8-14)17-12-5-6-15(2)13(12)16/h3-4,7,12H,5-6,8,14H2,1-2H3. The van der Waals surface area contributed by atoms with Gasteiger partial charge in [0.25, 0.3) is 5.91 Å². The van der Waals surface area contributed by atoms with Gasteiger partial charge in [-0.05, 0) is 13.0 Å². The molecule has 1 fully saturated rings. The van der Waals surface area contributed by atoms with Gasteiger partial charge in [-0.25, -0.2) is 0 Å². The van der Waals surface area contributed by atoms with E-state index in [0.29, 0.717) is 6.54 Å². The minimum absolute atomic E-state index is 0.0496. The minimum Gasteiger partial charge on any atom is -0.480 e. The van der Waals surface area contributed by atoms with Gasteiger partial charge < -0.3 is 15.4 Å². The molecule has 0 spiro atoms. The van der Waals surface area contributed by atoms with Crippen LogP contribution in [0, 0.1) is 6.92 Å². The molecule has 1 aliphatic heterocycles. The summed E-state index contributed by atoms with van der Waals surface area (Å²) in [6.07, 6.45) is 0.390. The summed E-state index contributed by atoms with van der Waals surface area (Å²) in [5.74, 6) is 0.778. The van der Waals surface area contributed by atoms with Crippen molar-refractivity contribution in [3.8, 4) is 5.75 Å². The first-order valence-corrected chi connectivity index (χ1v) is 5.83. The van der Waals surface area contributed by atoms with E-state index in [4.69, 9.17) is 10.5 Å². The summed E-state index contributed by atoms with van der Waals surface area (Å²) in [5, 5.41) is 0. The SMILES string of the molecule is Cc1ccc(OC2CCN(C)C2=O)c(CN)c1. The number of carbonyl (C=O) groups excluding carboxylic acids is 1. The molecule has 17 heavy (non-hydrogen) atoms. The van der Waals surface area contributed by atoms with Gasteiger partial charge in [-0.1, -0.05) is 17.7 Å². The van der Waals surface area contributed by atoms with Crippen molar-refractivity contribution in [1.82, 2.24) is 4.90 Å². The first-order chi connectivity index (χ1) is 8.11. The number of rotatable bonds is 3. The lowest BCUT2D eigenvalue weighted by Crippen LogP contribution is -2.29. The molecule has 1 heterocycles. The van der Waals surface area contributed by atoms with E-state index in [1.807, 2.05) is 25.1 Å². The maximum atomic E-state index is 11.7. The third kappa shape index (κ3) is 2.42. The van der Waals surface area contributed by atoms with Crippen molar-refractivity contribution in [3.63, 3.8) is 0 Å². The quantitative estimate of drug-likeness (QED) is 0.851. The first kappa shape index (κ1) is 11.9. The average Bonchev–Trinajstić information content (AvgIpc) is 2.63. The Morgan fingerprint density at radius 3 is 2.88 bits per heavy atom. The Balaban J connectivity index is 2.16. The highest BCUT2D eigenvalue weighted by Crippen LogP contribution is 2.23. The van der Waals surface area contributed by atoms with Gasteiger partial charge in [-0.2, -0.15) is 0 Å². The average molecular weight is 234 g/mol. The van der Waals surface area contributed by atoms with Crippen molar-refractivity contribution in [2.75, 3.05) is 13.6 Å². The third-order valence-corrected chi connectivity index (χ3v) is 3.08. The molecular formula is C13H18N2O2. The number of likely N-dealkylation sites (tertiary alicyclic amines) is 1. The highest BCUT2D eigenvalue weighted by Gasteiger charge is 2.31. The summed E-state index contributed by atoms with van der Waals surface area (Å²) in [6, 6.07) is 5.86. The zero-order valence-electron chi connectivity index (χ0n) is 10.3. The number of benzene rings is 1. The Labute approximate surface area is 101 Å². The van der Waals surface area contributed by atoms with Crippen LogP contribution in [0.3, 0.4) is 0 Å². The molecular weight excluding hydrogens is 216 g/mol. The van der Waals surface area contributed by atoms with Crippen molar-refractivity contribution >= 4 is 5.91 Å². The van der Waals surface area contributed by atoms with Gasteiger partial charge in [0.1, 0.15) is 5.75 Å². The number of aryl methyl sites for hydroxylation is 1. The second-order valence-electron chi connectivity index (χ2n) is 4.47. The van der Waals surface area contributed by atoms with Crippen molar-refractivity contribution in [2.45, 2.75) is 26.0 Å². The molecule has 4 heteroatoms. The summed E-state index contributed by atoms with van der Waals surface area (Å²) >= 11 is 0. The summed E-state index contributed by atoms with van der Waals surface area (Å²) in [7, 11) is 1.80. The van der Waals surface area contributed by atoms with Crippen LogP contribution >= 0.6 is 0 Å². The molecule has 92 valence electrons. The Kier molecular flexibility index (Phi) is 3.33. The van der Waals surface area contributed by atoms with Crippen LogP contribution in [0.1, 0.15) is 17.5 Å². The van der Waals surface area contributed by atoms with E-state index >= 15 is 0 Å². The van der Waals surface area contributed by atoms with Crippen molar-refractivity contribution < 1.29 is 9.53 Å². The Hall–Kier alpha value is -1.55. The lowest BCUT2D eigenvalue weighted by atomic mass is 10.1. The van der Waals surface area contributed by atoms with Gasteiger partial charge in [-0.15, -0.1) is 0 Å². The fourth-order valence-electron chi connectivity index (χ4n) is 2.04. The van der Waals surface area contributed by atoms with Gasteiger partial charge in [0.15, 0.2) is 6.10 Å². The van der Waals surface area contributed by atoms with E-state index in [0.717, 1.165) is 29.8 Å². The second-order valence-corrected chi connectivity index (χ2v) is 4.47. The predicted octanol–water partition coefficient (Wildman–Crippen LogP) is 1.06. The summed E-state index contributed by atoms with van der Waals surface area (Å²) in [6.45, 7) is 3.19. The fraction of sp³-hybridized carbons (Fsp3) is 0.462. The lowest BCUT2D eigenvalue weighted by Gasteiger charge is -2.15. The molecule has 4 nitrogen and oxygen atoms in total. The molecule has 0 bridgehead atoms. The molecule has 0 saturated carbocycles. The van der Waals surface area contributed by atoms with E-state index in [-0.39, 0.29) is 12.0 Å². The summed E-state index contributed by atoms with van der Waals surface area (Å²) in [5.41, 5.74) is 7.78. The molecule has 1 amide bonds. The fourth-order valence-corrected chi connectivity index (χ4v) is 2.04. The second kappa shape index (κ2) is 4.75. The van der Waals surface area contributed by atoms with Crippen LogP contribution in [0.25, 0.3) is 0 Å². The molecule has 1 aliphatic rings.